The lowest BCUT2D eigenvalue weighted by Crippen LogP contribution is -2.45. The Balaban J connectivity index is 1.59. The average Bonchev–Trinajstić information content (AvgIpc) is 3.54. The van der Waals surface area contributed by atoms with Gasteiger partial charge in [-0.25, -0.2) is 12.8 Å². The number of hydrogen-bond acceptors (Lipinski definition) is 5. The van der Waals surface area contributed by atoms with Crippen LogP contribution in [0.15, 0.2) is 76.2 Å². The lowest BCUT2D eigenvalue weighted by atomic mass is 10.2. The molecule has 1 atom stereocenters. The first kappa shape index (κ1) is 25.1. The highest BCUT2D eigenvalue weighted by molar-refractivity contribution is 7.89. The molecule has 186 valence electrons. The number of halogens is 1. The van der Waals surface area contributed by atoms with Crippen LogP contribution in [0.25, 0.3) is 0 Å². The summed E-state index contributed by atoms with van der Waals surface area (Å²) in [6.45, 7) is 2.53. The second kappa shape index (κ2) is 11.2. The van der Waals surface area contributed by atoms with E-state index in [2.05, 4.69) is 0 Å². The third-order valence-electron chi connectivity index (χ3n) is 5.97. The van der Waals surface area contributed by atoms with Gasteiger partial charge in [0.15, 0.2) is 0 Å². The minimum absolute atomic E-state index is 0.0904. The number of sulfonamides is 1. The molecule has 1 aliphatic heterocycles. The van der Waals surface area contributed by atoms with Crippen LogP contribution in [0, 0.1) is 12.7 Å². The van der Waals surface area contributed by atoms with Crippen LogP contribution < -0.4 is 0 Å². The predicted molar refractivity (Wildman–Crippen MR) is 128 cm³/mol. The average molecular weight is 501 g/mol. The van der Waals surface area contributed by atoms with Gasteiger partial charge in [-0.15, -0.1) is 0 Å². The molecule has 9 heteroatoms. The normalized spacial score (nSPS) is 16.0. The van der Waals surface area contributed by atoms with Gasteiger partial charge >= 0.3 is 0 Å². The summed E-state index contributed by atoms with van der Waals surface area (Å²) in [5, 5.41) is 0. The van der Waals surface area contributed by atoms with Crippen molar-refractivity contribution in [1.82, 2.24) is 9.21 Å². The van der Waals surface area contributed by atoms with Crippen LogP contribution in [0.5, 0.6) is 0 Å². The maximum atomic E-state index is 13.5. The van der Waals surface area contributed by atoms with Gasteiger partial charge in [-0.1, -0.05) is 29.8 Å². The predicted octanol–water partition coefficient (Wildman–Crippen LogP) is 4.13. The highest BCUT2D eigenvalue weighted by Gasteiger charge is 2.32. The smallest absolute Gasteiger partial charge is 0.243 e. The van der Waals surface area contributed by atoms with Crippen molar-refractivity contribution in [3.05, 3.63) is 89.6 Å². The Labute approximate surface area is 205 Å². The Morgan fingerprint density at radius 1 is 1.06 bits per heavy atom. The van der Waals surface area contributed by atoms with Crippen molar-refractivity contribution in [2.24, 2.45) is 0 Å². The highest BCUT2D eigenvalue weighted by Crippen LogP contribution is 2.22. The van der Waals surface area contributed by atoms with Crippen LogP contribution in [-0.2, 0) is 32.6 Å². The Morgan fingerprint density at radius 3 is 2.43 bits per heavy atom. The molecule has 1 amide bonds. The lowest BCUT2D eigenvalue weighted by Gasteiger charge is -2.28. The molecular formula is C26H29FN2O5S. The molecule has 1 aromatic heterocycles. The van der Waals surface area contributed by atoms with Crippen molar-refractivity contribution in [2.45, 2.75) is 43.9 Å². The van der Waals surface area contributed by atoms with Gasteiger partial charge < -0.3 is 14.1 Å². The summed E-state index contributed by atoms with van der Waals surface area (Å²) < 4.78 is 52.8. The fourth-order valence-electron chi connectivity index (χ4n) is 4.01. The van der Waals surface area contributed by atoms with E-state index in [0.29, 0.717) is 12.4 Å². The SMILES string of the molecule is Cc1ccc(S(=O)(=O)N(CC(=O)N(Cc2ccc(F)cc2)Cc2ccco2)CC2CCCO2)cc1. The van der Waals surface area contributed by atoms with E-state index in [-0.39, 0.29) is 48.9 Å². The molecule has 0 saturated carbocycles. The minimum atomic E-state index is -3.94. The zero-order valence-electron chi connectivity index (χ0n) is 19.6. The number of amides is 1. The molecule has 0 bridgehead atoms. The van der Waals surface area contributed by atoms with Gasteiger partial charge in [0.25, 0.3) is 0 Å². The Kier molecular flexibility index (Phi) is 8.00. The summed E-state index contributed by atoms with van der Waals surface area (Å²) in [6.07, 6.45) is 2.84. The second-order valence-corrected chi connectivity index (χ2v) is 10.6. The van der Waals surface area contributed by atoms with Crippen molar-refractivity contribution in [3.63, 3.8) is 0 Å². The molecule has 0 N–H and O–H groups in total. The maximum Gasteiger partial charge on any atom is 0.243 e. The van der Waals surface area contributed by atoms with E-state index in [0.717, 1.165) is 24.0 Å². The first-order chi connectivity index (χ1) is 16.8. The molecule has 7 nitrogen and oxygen atoms in total. The van der Waals surface area contributed by atoms with Crippen molar-refractivity contribution < 1.29 is 26.8 Å². The molecule has 0 spiro atoms. The second-order valence-electron chi connectivity index (χ2n) is 8.70. The van der Waals surface area contributed by atoms with Crippen LogP contribution in [0.1, 0.15) is 29.7 Å². The number of rotatable bonds is 10. The first-order valence-corrected chi connectivity index (χ1v) is 13.0. The van der Waals surface area contributed by atoms with Gasteiger partial charge in [0, 0.05) is 19.7 Å². The van der Waals surface area contributed by atoms with Crippen molar-refractivity contribution in [1.29, 1.82) is 0 Å². The van der Waals surface area contributed by atoms with E-state index in [1.54, 1.807) is 48.5 Å². The van der Waals surface area contributed by atoms with Crippen molar-refractivity contribution in [3.8, 4) is 0 Å². The molecule has 3 aromatic rings. The number of nitrogens with zero attached hydrogens (tertiary/aromatic N) is 2. The molecule has 0 aliphatic carbocycles. The fourth-order valence-corrected chi connectivity index (χ4v) is 5.43. The Bertz CT molecular complexity index is 1210. The molecular weight excluding hydrogens is 471 g/mol. The molecule has 1 aliphatic rings. The zero-order chi connectivity index (χ0) is 24.8. The Hall–Kier alpha value is -3.01. The topological polar surface area (TPSA) is 80.1 Å². The van der Waals surface area contributed by atoms with Crippen LogP contribution in [0.4, 0.5) is 4.39 Å². The van der Waals surface area contributed by atoms with Crippen LogP contribution in [0.3, 0.4) is 0 Å². The zero-order valence-corrected chi connectivity index (χ0v) is 20.4. The Morgan fingerprint density at radius 2 is 1.80 bits per heavy atom. The number of ether oxygens (including phenoxy) is 1. The van der Waals surface area contributed by atoms with E-state index < -0.39 is 10.0 Å². The van der Waals surface area contributed by atoms with E-state index >= 15 is 0 Å². The maximum absolute atomic E-state index is 13.5. The summed E-state index contributed by atoms with van der Waals surface area (Å²) in [7, 11) is -3.94. The lowest BCUT2D eigenvalue weighted by molar-refractivity contribution is -0.133. The van der Waals surface area contributed by atoms with Crippen molar-refractivity contribution >= 4 is 15.9 Å². The number of benzene rings is 2. The molecule has 0 radical (unpaired) electrons. The van der Waals surface area contributed by atoms with Gasteiger partial charge in [0.05, 0.1) is 30.4 Å². The summed E-state index contributed by atoms with van der Waals surface area (Å²) in [4.78, 5) is 15.2. The summed E-state index contributed by atoms with van der Waals surface area (Å²) in [6, 6.07) is 15.9. The van der Waals surface area contributed by atoms with E-state index in [1.807, 2.05) is 6.92 Å². The molecule has 1 unspecified atom stereocenters. The molecule has 2 heterocycles. The van der Waals surface area contributed by atoms with Gasteiger partial charge in [-0.2, -0.15) is 4.31 Å². The number of hydrogen-bond donors (Lipinski definition) is 0. The largest absolute Gasteiger partial charge is 0.467 e. The highest BCUT2D eigenvalue weighted by atomic mass is 32.2. The number of carbonyl (C=O) groups excluding carboxylic acids is 1. The fraction of sp³-hybridized carbons (Fsp3) is 0.346. The molecule has 4 rings (SSSR count). The number of carbonyl (C=O) groups is 1. The minimum Gasteiger partial charge on any atom is -0.467 e. The third-order valence-corrected chi connectivity index (χ3v) is 7.79. The number of furan rings is 1. The van der Waals surface area contributed by atoms with Crippen LogP contribution in [0.2, 0.25) is 0 Å². The van der Waals surface area contributed by atoms with Gasteiger partial charge in [0.1, 0.15) is 11.6 Å². The number of aryl methyl sites for hydroxylation is 1. The molecule has 1 fully saturated rings. The van der Waals surface area contributed by atoms with Gasteiger partial charge in [0.2, 0.25) is 15.9 Å². The van der Waals surface area contributed by atoms with Crippen LogP contribution in [-0.4, -0.2) is 49.3 Å². The molecule has 2 aromatic carbocycles. The van der Waals surface area contributed by atoms with Gasteiger partial charge in [-0.3, -0.25) is 4.79 Å². The first-order valence-electron chi connectivity index (χ1n) is 11.5. The van der Waals surface area contributed by atoms with Gasteiger partial charge in [-0.05, 0) is 61.7 Å². The van der Waals surface area contributed by atoms with E-state index in [4.69, 9.17) is 9.15 Å². The summed E-state index contributed by atoms with van der Waals surface area (Å²) >= 11 is 0. The summed E-state index contributed by atoms with van der Waals surface area (Å²) in [5.74, 6) is -0.198. The molecule has 35 heavy (non-hydrogen) atoms. The third kappa shape index (κ3) is 6.56. The van der Waals surface area contributed by atoms with Crippen molar-refractivity contribution in [2.75, 3.05) is 19.7 Å². The van der Waals surface area contributed by atoms with E-state index in [1.165, 1.54) is 27.6 Å². The van der Waals surface area contributed by atoms with E-state index in [9.17, 15) is 17.6 Å². The quantitative estimate of drug-likeness (QED) is 0.418. The monoisotopic (exact) mass is 500 g/mol. The molecule has 1 saturated heterocycles. The summed E-state index contributed by atoms with van der Waals surface area (Å²) in [5.41, 5.74) is 1.66. The van der Waals surface area contributed by atoms with Crippen LogP contribution >= 0.6 is 0 Å². The standard InChI is InChI=1S/C26H29FN2O5S/c1-20-6-12-25(13-7-20)35(31,32)29(18-24-5-3-15-34-24)19-26(30)28(17-23-4-2-14-33-23)16-21-8-10-22(27)11-9-21/h2,4,6-14,24H,3,5,15-19H2,1H3.